The van der Waals surface area contributed by atoms with Crippen molar-refractivity contribution in [3.63, 3.8) is 0 Å². The van der Waals surface area contributed by atoms with Crippen molar-refractivity contribution in [3.05, 3.63) is 255 Å². The molecule has 0 aliphatic carbocycles. The molecule has 0 N–H and O–H groups in total. The average Bonchev–Trinajstić information content (AvgIpc) is 4.11. The molecule has 0 amide bonds. The Morgan fingerprint density at radius 3 is 1.84 bits per heavy atom. The summed E-state index contributed by atoms with van der Waals surface area (Å²) in [5.74, 6) is 2.62. The first-order valence-electron chi connectivity index (χ1n) is 27.2. The molecule has 2 aliphatic rings. The number of benzene rings is 12. The van der Waals surface area contributed by atoms with E-state index in [9.17, 15) is 0 Å². The third kappa shape index (κ3) is 6.25. The van der Waals surface area contributed by atoms with E-state index in [1.54, 1.807) is 0 Å². The Hall–Kier alpha value is -10.3. The number of aromatic nitrogens is 4. The van der Waals surface area contributed by atoms with Crippen molar-refractivity contribution in [3.8, 4) is 78.8 Å². The first kappa shape index (κ1) is 43.8. The van der Waals surface area contributed by atoms with Gasteiger partial charge in [-0.1, -0.05) is 194 Å². The maximum atomic E-state index is 6.87. The van der Waals surface area contributed by atoms with Crippen molar-refractivity contribution < 1.29 is 4.74 Å². The van der Waals surface area contributed by atoms with E-state index in [2.05, 4.69) is 264 Å². The molecule has 4 aromatic heterocycles. The van der Waals surface area contributed by atoms with Crippen LogP contribution in [-0.4, -0.2) is 19.1 Å². The third-order valence-corrected chi connectivity index (χ3v) is 18.0. The Balaban J connectivity index is 0.924. The van der Waals surface area contributed by atoms with E-state index < -0.39 is 0 Å². The van der Waals surface area contributed by atoms with Crippen molar-refractivity contribution in [1.29, 1.82) is 0 Å². The van der Waals surface area contributed by atoms with Crippen LogP contribution >= 0.6 is 11.8 Å². The van der Waals surface area contributed by atoms with E-state index in [0.29, 0.717) is 0 Å². The molecule has 18 rings (SSSR count). The lowest BCUT2D eigenvalue weighted by atomic mass is 9.91. The van der Waals surface area contributed by atoms with E-state index in [-0.39, 0.29) is 0 Å². The molecule has 370 valence electrons. The molecule has 0 bridgehead atoms. The van der Waals surface area contributed by atoms with Crippen LogP contribution in [-0.2, 0) is 0 Å². The summed E-state index contributed by atoms with van der Waals surface area (Å²) in [6.07, 6.45) is 0. The van der Waals surface area contributed by atoms with E-state index >= 15 is 0 Å². The average molecular weight is 1040 g/mol. The minimum absolute atomic E-state index is 0.857. The fourth-order valence-electron chi connectivity index (χ4n) is 13.4. The maximum Gasteiger partial charge on any atom is 0.138 e. The van der Waals surface area contributed by atoms with Gasteiger partial charge in [-0.25, -0.2) is 9.97 Å². The lowest BCUT2D eigenvalue weighted by Gasteiger charge is -2.22. The molecule has 0 saturated heterocycles. The van der Waals surface area contributed by atoms with Crippen molar-refractivity contribution in [2.45, 2.75) is 9.79 Å². The highest BCUT2D eigenvalue weighted by Gasteiger charge is 2.29. The predicted octanol–water partition coefficient (Wildman–Crippen LogP) is 20.2. The topological polar surface area (TPSA) is 44.9 Å². The van der Waals surface area contributed by atoms with Crippen molar-refractivity contribution in [2.75, 3.05) is 0 Å². The molecular formula is C74H42N4OS. The summed E-state index contributed by atoms with van der Waals surface area (Å²) < 4.78 is 11.8. The van der Waals surface area contributed by atoms with E-state index in [4.69, 9.17) is 14.7 Å². The monoisotopic (exact) mass is 1030 g/mol. The second-order valence-electron chi connectivity index (χ2n) is 21.1. The summed E-state index contributed by atoms with van der Waals surface area (Å²) in [4.78, 5) is 13.3. The lowest BCUT2D eigenvalue weighted by molar-refractivity contribution is 0.488. The van der Waals surface area contributed by atoms with Gasteiger partial charge in [-0.2, -0.15) is 0 Å². The second kappa shape index (κ2) is 16.6. The van der Waals surface area contributed by atoms with Gasteiger partial charge in [0.2, 0.25) is 0 Å². The van der Waals surface area contributed by atoms with Crippen LogP contribution in [0.3, 0.4) is 0 Å². The Labute approximate surface area is 463 Å². The van der Waals surface area contributed by atoms with Gasteiger partial charge in [0.25, 0.3) is 0 Å². The molecule has 2 aliphatic heterocycles. The standard InChI is InChI=1S/C74H42N4OS/c1-3-15-43(16-4-1)55-41-68(76-57-27-9-7-23-49(55)57)78-60-35-32-47(39-56(60)72-62(78)36-34-51-50-25-11-20-46-22-14-30-67(70(46)50)80-74(51)72)48-31-33-53-63(40-48)77(64-42-59(44-17-5-2-6-18-44)75-58-28-10-8-24-52(58)64)61-37-38-66-73(71(53)61)54-26-12-19-45-21-13-29-65(79-66)69(45)54/h1-42H. The molecule has 5 nitrogen and oxygen atoms in total. The Bertz CT molecular complexity index is 5360. The fourth-order valence-corrected chi connectivity index (χ4v) is 14.7. The Morgan fingerprint density at radius 2 is 1.00 bits per heavy atom. The number of para-hydroxylation sites is 2. The Kier molecular flexibility index (Phi) is 9.10. The number of hydrogen-bond acceptors (Lipinski definition) is 4. The van der Waals surface area contributed by atoms with Gasteiger partial charge in [-0.15, -0.1) is 0 Å². The SMILES string of the molecule is c1ccc(-c2cc(-n3c4cc(-c5ccc6c(c5)c5c7c(ccc5n6-c5cc(-c6ccccc6)c6ccccc6n5)-c5cccc6cccc(c56)S7)ccc4c4c5c(ccc43)Oc3cccc4cccc-5c34)c3ccccc3n2)cc1. The summed E-state index contributed by atoms with van der Waals surface area (Å²) in [6.45, 7) is 0. The minimum atomic E-state index is 0.857. The number of fused-ring (bicyclic) bond motifs is 14. The molecule has 12 aromatic carbocycles. The number of nitrogens with zero attached hydrogens (tertiary/aromatic N) is 4. The van der Waals surface area contributed by atoms with Crippen molar-refractivity contribution >= 4 is 98.7 Å². The molecule has 80 heavy (non-hydrogen) atoms. The lowest BCUT2D eigenvalue weighted by Crippen LogP contribution is -2.00. The van der Waals surface area contributed by atoms with Crippen LogP contribution in [0.5, 0.6) is 11.5 Å². The van der Waals surface area contributed by atoms with Gasteiger partial charge in [-0.3, -0.25) is 4.57 Å². The van der Waals surface area contributed by atoms with Crippen LogP contribution in [0, 0.1) is 0 Å². The first-order valence-corrected chi connectivity index (χ1v) is 28.0. The van der Waals surface area contributed by atoms with E-state index in [1.165, 1.54) is 48.0 Å². The number of pyridine rings is 2. The molecule has 0 radical (unpaired) electrons. The van der Waals surface area contributed by atoms with Crippen LogP contribution in [0.2, 0.25) is 0 Å². The van der Waals surface area contributed by atoms with E-state index in [1.807, 2.05) is 11.8 Å². The highest BCUT2D eigenvalue weighted by atomic mass is 32.2. The Morgan fingerprint density at radius 1 is 0.338 bits per heavy atom. The van der Waals surface area contributed by atoms with E-state index in [0.717, 1.165) is 127 Å². The van der Waals surface area contributed by atoms with Crippen LogP contribution in [0.4, 0.5) is 0 Å². The zero-order chi connectivity index (χ0) is 52.2. The summed E-state index contributed by atoms with van der Waals surface area (Å²) in [6, 6.07) is 92.6. The molecule has 0 unspecified atom stereocenters. The van der Waals surface area contributed by atoms with Gasteiger partial charge in [-0.05, 0) is 123 Å². The molecule has 0 fully saturated rings. The predicted molar refractivity (Wildman–Crippen MR) is 332 cm³/mol. The van der Waals surface area contributed by atoms with Crippen LogP contribution in [0.1, 0.15) is 0 Å². The van der Waals surface area contributed by atoms with Gasteiger partial charge in [0.05, 0.1) is 44.5 Å². The summed E-state index contributed by atoms with van der Waals surface area (Å²) in [5.41, 5.74) is 18.7. The quantitative estimate of drug-likeness (QED) is 0.172. The minimum Gasteiger partial charge on any atom is -0.456 e. The largest absolute Gasteiger partial charge is 0.456 e. The second-order valence-corrected chi connectivity index (χ2v) is 22.2. The number of rotatable bonds is 5. The number of ether oxygens (including phenoxy) is 1. The summed E-state index contributed by atoms with van der Waals surface area (Å²) >= 11 is 1.89. The normalized spacial score (nSPS) is 12.6. The smallest absolute Gasteiger partial charge is 0.138 e. The fraction of sp³-hybridized carbons (Fsp3) is 0. The number of hydrogen-bond donors (Lipinski definition) is 0. The van der Waals surface area contributed by atoms with Gasteiger partial charge in [0.15, 0.2) is 0 Å². The van der Waals surface area contributed by atoms with Crippen molar-refractivity contribution in [1.82, 2.24) is 19.1 Å². The zero-order valence-electron chi connectivity index (χ0n) is 42.9. The van der Waals surface area contributed by atoms with Gasteiger partial charge in [0.1, 0.15) is 17.3 Å². The summed E-state index contributed by atoms with van der Waals surface area (Å²) in [5, 5.41) is 11.8. The molecule has 6 heteroatoms. The molecule has 0 spiro atoms. The zero-order valence-corrected chi connectivity index (χ0v) is 43.7. The van der Waals surface area contributed by atoms with Crippen LogP contribution < -0.4 is 4.74 Å². The van der Waals surface area contributed by atoms with Gasteiger partial charge >= 0.3 is 0 Å². The third-order valence-electron chi connectivity index (χ3n) is 16.9. The first-order chi connectivity index (χ1) is 39.7. The van der Waals surface area contributed by atoms with Crippen LogP contribution in [0.15, 0.2) is 265 Å². The molecule has 0 saturated carbocycles. The summed E-state index contributed by atoms with van der Waals surface area (Å²) in [7, 11) is 0. The maximum absolute atomic E-state index is 6.87. The van der Waals surface area contributed by atoms with Gasteiger partial charge in [0, 0.05) is 64.0 Å². The highest BCUT2D eigenvalue weighted by molar-refractivity contribution is 8.00. The molecule has 0 atom stereocenters. The van der Waals surface area contributed by atoms with Crippen molar-refractivity contribution in [2.24, 2.45) is 0 Å². The molecule has 6 heterocycles. The van der Waals surface area contributed by atoms with Crippen LogP contribution in [0.25, 0.3) is 154 Å². The highest BCUT2D eigenvalue weighted by Crippen LogP contribution is 2.55. The van der Waals surface area contributed by atoms with Gasteiger partial charge < -0.3 is 9.30 Å². The molecule has 16 aromatic rings. The molecular weight excluding hydrogens is 993 g/mol.